The predicted molar refractivity (Wildman–Crippen MR) is 117 cm³/mol. The van der Waals surface area contributed by atoms with E-state index in [0.29, 0.717) is 5.69 Å². The Morgan fingerprint density at radius 3 is 2.19 bits per heavy atom. The highest BCUT2D eigenvalue weighted by Crippen LogP contribution is 2.34. The van der Waals surface area contributed by atoms with Crippen LogP contribution in [0.25, 0.3) is 0 Å². The van der Waals surface area contributed by atoms with E-state index in [1.165, 1.54) is 36.4 Å². The smallest absolute Gasteiger partial charge is 0.418 e. The van der Waals surface area contributed by atoms with Crippen LogP contribution in [0, 0.1) is 0 Å². The standard InChI is InChI=1S/C21H16BrF3N2O4S/c22-14-5-7-15(8-6-14)27-32(29,30)17-11-9-16(10-12-17)31-13-20(28)26-19-4-2-1-3-18(19)21(23,24)25/h1-12,27H,13H2,(H,26,28). The van der Waals surface area contributed by atoms with E-state index in [4.69, 9.17) is 4.74 Å². The number of ether oxygens (including phenoxy) is 1. The molecule has 0 aliphatic heterocycles. The van der Waals surface area contributed by atoms with Crippen LogP contribution in [-0.2, 0) is 21.0 Å². The summed E-state index contributed by atoms with van der Waals surface area (Å²) in [5.41, 5.74) is -0.973. The van der Waals surface area contributed by atoms with Crippen molar-refractivity contribution in [3.05, 3.63) is 82.8 Å². The minimum atomic E-state index is -4.61. The van der Waals surface area contributed by atoms with E-state index < -0.39 is 34.3 Å². The molecule has 3 rings (SSSR count). The number of sulfonamides is 1. The number of anilines is 2. The average molecular weight is 529 g/mol. The fourth-order valence-corrected chi connectivity index (χ4v) is 3.94. The minimum Gasteiger partial charge on any atom is -0.484 e. The molecule has 0 radical (unpaired) electrons. The summed E-state index contributed by atoms with van der Waals surface area (Å²) >= 11 is 3.26. The van der Waals surface area contributed by atoms with E-state index in [2.05, 4.69) is 26.0 Å². The van der Waals surface area contributed by atoms with E-state index in [0.717, 1.165) is 16.6 Å². The number of nitrogens with one attached hydrogen (secondary N) is 2. The molecule has 168 valence electrons. The van der Waals surface area contributed by atoms with Crippen LogP contribution in [0.4, 0.5) is 24.5 Å². The molecule has 0 spiro atoms. The molecular formula is C21H16BrF3N2O4S. The van der Waals surface area contributed by atoms with E-state index in [1.54, 1.807) is 24.3 Å². The lowest BCUT2D eigenvalue weighted by molar-refractivity contribution is -0.137. The van der Waals surface area contributed by atoms with Crippen LogP contribution in [0.2, 0.25) is 0 Å². The zero-order valence-electron chi connectivity index (χ0n) is 16.2. The van der Waals surface area contributed by atoms with Gasteiger partial charge in [0.2, 0.25) is 0 Å². The molecule has 0 heterocycles. The number of rotatable bonds is 7. The minimum absolute atomic E-state index is 0.0312. The first-order valence-corrected chi connectivity index (χ1v) is 11.3. The van der Waals surface area contributed by atoms with Gasteiger partial charge < -0.3 is 10.1 Å². The Hall–Kier alpha value is -3.05. The van der Waals surface area contributed by atoms with E-state index in [9.17, 15) is 26.4 Å². The van der Waals surface area contributed by atoms with Crippen molar-refractivity contribution in [2.45, 2.75) is 11.1 Å². The van der Waals surface area contributed by atoms with Crippen molar-refractivity contribution in [2.75, 3.05) is 16.6 Å². The fraction of sp³-hybridized carbons (Fsp3) is 0.0952. The topological polar surface area (TPSA) is 84.5 Å². The lowest BCUT2D eigenvalue weighted by Crippen LogP contribution is -2.22. The van der Waals surface area contributed by atoms with Crippen molar-refractivity contribution in [2.24, 2.45) is 0 Å². The second kappa shape index (κ2) is 9.61. The van der Waals surface area contributed by atoms with Crippen molar-refractivity contribution in [3.8, 4) is 5.75 Å². The quantitative estimate of drug-likeness (QED) is 0.436. The van der Waals surface area contributed by atoms with Crippen LogP contribution in [0.3, 0.4) is 0 Å². The molecule has 3 aromatic carbocycles. The summed E-state index contributed by atoms with van der Waals surface area (Å²) in [7, 11) is -3.84. The molecule has 0 bridgehead atoms. The Labute approximate surface area is 190 Å². The monoisotopic (exact) mass is 528 g/mol. The van der Waals surface area contributed by atoms with Gasteiger partial charge >= 0.3 is 6.18 Å². The summed E-state index contributed by atoms with van der Waals surface area (Å²) in [4.78, 5) is 12.0. The first-order chi connectivity index (χ1) is 15.0. The van der Waals surface area contributed by atoms with Gasteiger partial charge in [0.05, 0.1) is 16.1 Å². The van der Waals surface area contributed by atoms with Crippen molar-refractivity contribution < 1.29 is 31.1 Å². The summed E-state index contributed by atoms with van der Waals surface area (Å²) in [6.45, 7) is -0.560. The third-order valence-electron chi connectivity index (χ3n) is 4.11. The molecule has 11 heteroatoms. The number of carbonyl (C=O) groups excluding carboxylic acids is 1. The van der Waals surface area contributed by atoms with Gasteiger partial charge in [0.15, 0.2) is 6.61 Å². The molecular weight excluding hydrogens is 513 g/mol. The fourth-order valence-electron chi connectivity index (χ4n) is 2.62. The van der Waals surface area contributed by atoms with Crippen molar-refractivity contribution in [1.82, 2.24) is 0 Å². The molecule has 32 heavy (non-hydrogen) atoms. The molecule has 0 aliphatic carbocycles. The van der Waals surface area contributed by atoms with Gasteiger partial charge in [-0.25, -0.2) is 8.42 Å². The van der Waals surface area contributed by atoms with Gasteiger partial charge in [-0.3, -0.25) is 9.52 Å². The molecule has 2 N–H and O–H groups in total. The van der Waals surface area contributed by atoms with Gasteiger partial charge in [-0.05, 0) is 60.7 Å². The van der Waals surface area contributed by atoms with Gasteiger partial charge in [-0.1, -0.05) is 28.1 Å². The predicted octanol–water partition coefficient (Wildman–Crippen LogP) is 5.29. The number of benzene rings is 3. The van der Waals surface area contributed by atoms with Crippen LogP contribution in [0.1, 0.15) is 5.56 Å². The highest BCUT2D eigenvalue weighted by Gasteiger charge is 2.33. The Morgan fingerprint density at radius 2 is 1.56 bits per heavy atom. The Kier molecular flexibility index (Phi) is 7.09. The third kappa shape index (κ3) is 6.24. The Bertz CT molecular complexity index is 1200. The average Bonchev–Trinajstić information content (AvgIpc) is 2.74. The molecule has 0 unspecified atom stereocenters. The van der Waals surface area contributed by atoms with Crippen molar-refractivity contribution in [1.29, 1.82) is 0 Å². The van der Waals surface area contributed by atoms with E-state index in [1.807, 2.05) is 0 Å². The normalized spacial score (nSPS) is 11.6. The third-order valence-corrected chi connectivity index (χ3v) is 6.03. The molecule has 6 nitrogen and oxygen atoms in total. The summed E-state index contributed by atoms with van der Waals surface area (Å²) in [6.07, 6.45) is -4.61. The maximum absolute atomic E-state index is 13.0. The van der Waals surface area contributed by atoms with E-state index in [-0.39, 0.29) is 16.3 Å². The first-order valence-electron chi connectivity index (χ1n) is 9.02. The highest BCUT2D eigenvalue weighted by molar-refractivity contribution is 9.10. The van der Waals surface area contributed by atoms with Gasteiger partial charge in [-0.15, -0.1) is 0 Å². The lowest BCUT2D eigenvalue weighted by Gasteiger charge is -2.14. The summed E-state index contributed by atoms with van der Waals surface area (Å²) in [5, 5.41) is 2.16. The van der Waals surface area contributed by atoms with E-state index >= 15 is 0 Å². The SMILES string of the molecule is O=C(COc1ccc(S(=O)(=O)Nc2ccc(Br)cc2)cc1)Nc1ccccc1C(F)(F)F. The van der Waals surface area contributed by atoms with Crippen LogP contribution in [0.5, 0.6) is 5.75 Å². The van der Waals surface area contributed by atoms with Gasteiger partial charge in [0.1, 0.15) is 5.75 Å². The van der Waals surface area contributed by atoms with Crippen LogP contribution in [0.15, 0.2) is 82.2 Å². The largest absolute Gasteiger partial charge is 0.484 e. The van der Waals surface area contributed by atoms with Crippen molar-refractivity contribution >= 4 is 43.2 Å². The van der Waals surface area contributed by atoms with Crippen LogP contribution in [-0.4, -0.2) is 20.9 Å². The molecule has 0 fully saturated rings. The number of hydrogen-bond acceptors (Lipinski definition) is 4. The number of carbonyl (C=O) groups is 1. The van der Waals surface area contributed by atoms with Crippen molar-refractivity contribution in [3.63, 3.8) is 0 Å². The zero-order chi connectivity index (χ0) is 23.4. The summed E-state index contributed by atoms with van der Waals surface area (Å²) in [6, 6.07) is 16.4. The zero-order valence-corrected chi connectivity index (χ0v) is 18.6. The number of amides is 1. The molecule has 0 aliphatic rings. The summed E-state index contributed by atoms with van der Waals surface area (Å²) < 4.78 is 72.4. The lowest BCUT2D eigenvalue weighted by atomic mass is 10.1. The molecule has 0 aromatic heterocycles. The van der Waals surface area contributed by atoms with Gasteiger partial charge in [0.25, 0.3) is 15.9 Å². The maximum atomic E-state index is 13.0. The Balaban J connectivity index is 1.60. The maximum Gasteiger partial charge on any atom is 0.418 e. The molecule has 0 saturated carbocycles. The Morgan fingerprint density at radius 1 is 0.938 bits per heavy atom. The summed E-state index contributed by atoms with van der Waals surface area (Å²) in [5.74, 6) is -0.623. The number of para-hydroxylation sites is 1. The second-order valence-corrected chi connectivity index (χ2v) is 9.06. The molecule has 3 aromatic rings. The molecule has 0 saturated heterocycles. The molecule has 0 atom stereocenters. The number of halogens is 4. The molecule has 1 amide bonds. The first kappa shape index (κ1) is 23.6. The number of alkyl halides is 3. The van der Waals surface area contributed by atoms with Crippen LogP contribution >= 0.6 is 15.9 Å². The van der Waals surface area contributed by atoms with Crippen LogP contribution < -0.4 is 14.8 Å². The number of hydrogen-bond donors (Lipinski definition) is 2. The highest BCUT2D eigenvalue weighted by atomic mass is 79.9. The van der Waals surface area contributed by atoms with Gasteiger partial charge in [-0.2, -0.15) is 13.2 Å². The van der Waals surface area contributed by atoms with Gasteiger partial charge in [0, 0.05) is 10.2 Å². The second-order valence-electron chi connectivity index (χ2n) is 6.46.